The Bertz CT molecular complexity index is 761. The maximum absolute atomic E-state index is 12.2. The molecule has 4 nitrogen and oxygen atoms in total. The van der Waals surface area contributed by atoms with E-state index in [1.807, 2.05) is 38.1 Å². The zero-order valence-electron chi connectivity index (χ0n) is 14.9. The number of carbonyl (C=O) groups is 2. The molecule has 0 radical (unpaired) electrons. The number of benzene rings is 2. The Hall–Kier alpha value is -2.33. The third kappa shape index (κ3) is 4.83. The molecule has 0 spiro atoms. The summed E-state index contributed by atoms with van der Waals surface area (Å²) in [6, 6.07) is 11.1. The Balaban J connectivity index is 2.18. The molecule has 1 N–H and O–H groups in total. The minimum absolute atomic E-state index is 0.205. The predicted molar refractivity (Wildman–Crippen MR) is 99.7 cm³/mol. The van der Waals surface area contributed by atoms with Gasteiger partial charge in [0.25, 0.3) is 0 Å². The molecule has 25 heavy (non-hydrogen) atoms. The number of rotatable bonds is 5. The van der Waals surface area contributed by atoms with Crippen molar-refractivity contribution < 1.29 is 14.3 Å². The van der Waals surface area contributed by atoms with Crippen molar-refractivity contribution in [3.63, 3.8) is 0 Å². The molecule has 2 aromatic carbocycles. The van der Waals surface area contributed by atoms with E-state index >= 15 is 0 Å². The quantitative estimate of drug-likeness (QED) is 0.825. The summed E-state index contributed by atoms with van der Waals surface area (Å²) in [6.45, 7) is 5.57. The number of hydrogen-bond donors (Lipinski definition) is 1. The number of aryl methyl sites for hydroxylation is 2. The Labute approximate surface area is 153 Å². The van der Waals surface area contributed by atoms with Gasteiger partial charge in [-0.2, -0.15) is 0 Å². The SMILES string of the molecule is COC(=O)C(C)NC(=O)Cc1c(C)cc(-c2ccc(Cl)cc2)cc1C. The molecule has 0 bridgehead atoms. The first-order valence-electron chi connectivity index (χ1n) is 8.05. The van der Waals surface area contributed by atoms with Gasteiger partial charge in [0.15, 0.2) is 0 Å². The van der Waals surface area contributed by atoms with E-state index in [1.54, 1.807) is 6.92 Å². The smallest absolute Gasteiger partial charge is 0.328 e. The van der Waals surface area contributed by atoms with Crippen LogP contribution in [0.25, 0.3) is 11.1 Å². The van der Waals surface area contributed by atoms with Crippen molar-refractivity contribution in [2.45, 2.75) is 33.2 Å². The van der Waals surface area contributed by atoms with Crippen LogP contribution in [0.15, 0.2) is 36.4 Å². The van der Waals surface area contributed by atoms with Gasteiger partial charge in [0.2, 0.25) is 5.91 Å². The zero-order valence-corrected chi connectivity index (χ0v) is 15.6. The van der Waals surface area contributed by atoms with Crippen molar-refractivity contribution in [1.29, 1.82) is 0 Å². The van der Waals surface area contributed by atoms with E-state index in [0.29, 0.717) is 5.02 Å². The lowest BCUT2D eigenvalue weighted by molar-refractivity contribution is -0.144. The molecule has 0 saturated heterocycles. The Morgan fingerprint density at radius 2 is 1.64 bits per heavy atom. The summed E-state index contributed by atoms with van der Waals surface area (Å²) in [5.41, 5.74) is 5.19. The van der Waals surface area contributed by atoms with Gasteiger partial charge in [0, 0.05) is 5.02 Å². The van der Waals surface area contributed by atoms with Crippen LogP contribution in [0.4, 0.5) is 0 Å². The minimum atomic E-state index is -0.661. The van der Waals surface area contributed by atoms with E-state index < -0.39 is 12.0 Å². The van der Waals surface area contributed by atoms with E-state index in [-0.39, 0.29) is 12.3 Å². The lowest BCUT2D eigenvalue weighted by Gasteiger charge is -2.15. The molecule has 1 amide bonds. The minimum Gasteiger partial charge on any atom is -0.467 e. The van der Waals surface area contributed by atoms with Crippen molar-refractivity contribution in [3.05, 3.63) is 58.1 Å². The molecule has 132 valence electrons. The molecule has 0 heterocycles. The monoisotopic (exact) mass is 359 g/mol. The van der Waals surface area contributed by atoms with E-state index in [0.717, 1.165) is 27.8 Å². The summed E-state index contributed by atoms with van der Waals surface area (Å²) in [4.78, 5) is 23.6. The molecule has 5 heteroatoms. The van der Waals surface area contributed by atoms with Crippen molar-refractivity contribution >= 4 is 23.5 Å². The number of hydrogen-bond acceptors (Lipinski definition) is 3. The first kappa shape index (κ1) is 19.0. The van der Waals surface area contributed by atoms with Crippen molar-refractivity contribution in [3.8, 4) is 11.1 Å². The lowest BCUT2D eigenvalue weighted by atomic mass is 9.93. The van der Waals surface area contributed by atoms with Gasteiger partial charge >= 0.3 is 5.97 Å². The van der Waals surface area contributed by atoms with Crippen LogP contribution in [0.1, 0.15) is 23.6 Å². The van der Waals surface area contributed by atoms with Gasteiger partial charge in [0.1, 0.15) is 6.04 Å². The lowest BCUT2D eigenvalue weighted by Crippen LogP contribution is -2.40. The van der Waals surface area contributed by atoms with Gasteiger partial charge in [-0.1, -0.05) is 35.9 Å². The molecule has 0 fully saturated rings. The maximum atomic E-state index is 12.2. The van der Waals surface area contributed by atoms with Crippen LogP contribution in [-0.4, -0.2) is 25.0 Å². The summed E-state index contributed by atoms with van der Waals surface area (Å²) in [6.07, 6.45) is 0.222. The van der Waals surface area contributed by atoms with E-state index in [1.165, 1.54) is 7.11 Å². The average molecular weight is 360 g/mol. The molecule has 2 rings (SSSR count). The highest BCUT2D eigenvalue weighted by Gasteiger charge is 2.17. The molecule has 0 aliphatic carbocycles. The molecular formula is C20H22ClNO3. The number of nitrogens with one attached hydrogen (secondary N) is 1. The van der Waals surface area contributed by atoms with Crippen LogP contribution in [0.3, 0.4) is 0 Å². The van der Waals surface area contributed by atoms with Gasteiger partial charge in [-0.25, -0.2) is 4.79 Å². The maximum Gasteiger partial charge on any atom is 0.328 e. The second-order valence-corrected chi connectivity index (χ2v) is 6.52. The van der Waals surface area contributed by atoms with Crippen LogP contribution in [0.5, 0.6) is 0 Å². The number of esters is 1. The fourth-order valence-electron chi connectivity index (χ4n) is 2.77. The Kier molecular flexibility index (Phi) is 6.21. The number of halogens is 1. The van der Waals surface area contributed by atoms with E-state index in [2.05, 4.69) is 22.2 Å². The summed E-state index contributed by atoms with van der Waals surface area (Å²) >= 11 is 5.94. The van der Waals surface area contributed by atoms with Crippen LogP contribution >= 0.6 is 11.6 Å². The van der Waals surface area contributed by atoms with Crippen LogP contribution in [0, 0.1) is 13.8 Å². The second kappa shape index (κ2) is 8.17. The fourth-order valence-corrected chi connectivity index (χ4v) is 2.90. The molecule has 0 aromatic heterocycles. The largest absolute Gasteiger partial charge is 0.467 e. The Morgan fingerprint density at radius 1 is 1.08 bits per heavy atom. The predicted octanol–water partition coefficient (Wildman–Crippen LogP) is 3.84. The standard InChI is InChI=1S/C20H22ClNO3/c1-12-9-16(15-5-7-17(21)8-6-15)10-13(2)18(12)11-19(23)22-14(3)20(24)25-4/h5-10,14H,11H2,1-4H3,(H,22,23). The summed E-state index contributed by atoms with van der Waals surface area (Å²) in [5, 5.41) is 3.36. The van der Waals surface area contributed by atoms with Gasteiger partial charge in [-0.05, 0) is 60.7 Å². The van der Waals surface area contributed by atoms with Crippen molar-refractivity contribution in [2.75, 3.05) is 7.11 Å². The zero-order chi connectivity index (χ0) is 18.6. The fraction of sp³-hybridized carbons (Fsp3) is 0.300. The first-order chi connectivity index (χ1) is 11.8. The van der Waals surface area contributed by atoms with Crippen LogP contribution in [0.2, 0.25) is 5.02 Å². The van der Waals surface area contributed by atoms with Crippen molar-refractivity contribution in [1.82, 2.24) is 5.32 Å². The summed E-state index contributed by atoms with van der Waals surface area (Å²) in [7, 11) is 1.30. The highest BCUT2D eigenvalue weighted by Crippen LogP contribution is 2.26. The topological polar surface area (TPSA) is 55.4 Å². The highest BCUT2D eigenvalue weighted by atomic mass is 35.5. The second-order valence-electron chi connectivity index (χ2n) is 6.08. The number of methoxy groups -OCH3 is 1. The van der Waals surface area contributed by atoms with E-state index in [9.17, 15) is 9.59 Å². The number of carbonyl (C=O) groups excluding carboxylic acids is 2. The molecule has 0 saturated carbocycles. The third-order valence-electron chi connectivity index (χ3n) is 4.14. The van der Waals surface area contributed by atoms with Crippen molar-refractivity contribution in [2.24, 2.45) is 0 Å². The summed E-state index contributed by atoms with van der Waals surface area (Å²) in [5.74, 6) is -0.664. The molecule has 0 aliphatic heterocycles. The normalized spacial score (nSPS) is 11.7. The molecular weight excluding hydrogens is 338 g/mol. The van der Waals surface area contributed by atoms with Gasteiger partial charge in [-0.3, -0.25) is 4.79 Å². The molecule has 1 atom stereocenters. The average Bonchev–Trinajstić information content (AvgIpc) is 2.57. The van der Waals surface area contributed by atoms with Gasteiger partial charge in [0.05, 0.1) is 13.5 Å². The molecule has 0 aliphatic rings. The van der Waals surface area contributed by atoms with Gasteiger partial charge < -0.3 is 10.1 Å². The summed E-state index contributed by atoms with van der Waals surface area (Å²) < 4.78 is 4.62. The van der Waals surface area contributed by atoms with Gasteiger partial charge in [-0.15, -0.1) is 0 Å². The van der Waals surface area contributed by atoms with Crippen LogP contribution < -0.4 is 5.32 Å². The molecule has 2 aromatic rings. The third-order valence-corrected chi connectivity index (χ3v) is 4.40. The highest BCUT2D eigenvalue weighted by molar-refractivity contribution is 6.30. The van der Waals surface area contributed by atoms with E-state index in [4.69, 9.17) is 11.6 Å². The number of amides is 1. The Morgan fingerprint density at radius 3 is 2.16 bits per heavy atom. The number of ether oxygens (including phenoxy) is 1. The van der Waals surface area contributed by atoms with Crippen LogP contribution in [-0.2, 0) is 20.7 Å². The first-order valence-corrected chi connectivity index (χ1v) is 8.43. The molecule has 1 unspecified atom stereocenters.